The van der Waals surface area contributed by atoms with Crippen LogP contribution in [0.4, 0.5) is 0 Å². The maximum Gasteiger partial charge on any atom is 0.309 e. The van der Waals surface area contributed by atoms with E-state index in [0.717, 1.165) is 17.7 Å². The molecule has 4 N–H and O–H groups in total. The molecule has 1 aromatic rings. The molecule has 0 radical (unpaired) electrons. The van der Waals surface area contributed by atoms with Crippen LogP contribution in [0, 0.1) is 0 Å². The molecule has 7 heteroatoms. The third-order valence-corrected chi connectivity index (χ3v) is 2.40. The number of hydrogen-bond donors (Lipinski definition) is 3. The summed E-state index contributed by atoms with van der Waals surface area (Å²) in [7, 11) is 1.82. The second-order valence-corrected chi connectivity index (χ2v) is 3.86. The third-order valence-electron chi connectivity index (χ3n) is 2.40. The molecule has 1 heterocycles. The number of aromatic nitrogens is 2. The second kappa shape index (κ2) is 6.75. The molecule has 0 atom stereocenters. The largest absolute Gasteiger partial charge is 0.347 e. The van der Waals surface area contributed by atoms with E-state index in [1.165, 1.54) is 0 Å². The zero-order chi connectivity index (χ0) is 13.5. The van der Waals surface area contributed by atoms with Crippen LogP contribution in [-0.4, -0.2) is 34.7 Å². The van der Waals surface area contributed by atoms with Crippen molar-refractivity contribution in [3.63, 3.8) is 0 Å². The van der Waals surface area contributed by atoms with Gasteiger partial charge >= 0.3 is 11.8 Å². The molecule has 0 bridgehead atoms. The maximum atomic E-state index is 11.4. The van der Waals surface area contributed by atoms with Crippen LogP contribution in [0.25, 0.3) is 0 Å². The average Bonchev–Trinajstić information content (AvgIpc) is 2.73. The van der Waals surface area contributed by atoms with Crippen LogP contribution in [-0.2, 0) is 29.6 Å². The van der Waals surface area contributed by atoms with E-state index in [-0.39, 0.29) is 0 Å². The van der Waals surface area contributed by atoms with E-state index in [1.54, 1.807) is 4.68 Å². The molecule has 0 aliphatic carbocycles. The van der Waals surface area contributed by atoms with Crippen molar-refractivity contribution in [2.24, 2.45) is 12.8 Å². The number of carbonyl (C=O) groups is 2. The van der Waals surface area contributed by atoms with Gasteiger partial charge in [0.15, 0.2) is 0 Å². The molecule has 1 rings (SSSR count). The van der Waals surface area contributed by atoms with Crippen LogP contribution in [0.2, 0.25) is 0 Å². The van der Waals surface area contributed by atoms with Crippen LogP contribution >= 0.6 is 0 Å². The van der Waals surface area contributed by atoms with Gasteiger partial charge < -0.3 is 16.4 Å². The first-order chi connectivity index (χ1) is 8.58. The number of carbonyl (C=O) groups excluding carboxylic acids is 2. The van der Waals surface area contributed by atoms with Crippen LogP contribution in [0.5, 0.6) is 0 Å². The first kappa shape index (κ1) is 14.2. The molecule has 0 saturated carbocycles. The van der Waals surface area contributed by atoms with Gasteiger partial charge in [-0.2, -0.15) is 5.10 Å². The van der Waals surface area contributed by atoms with E-state index in [1.807, 2.05) is 20.2 Å². The minimum atomic E-state index is -0.664. The number of hydrogen-bond acceptors (Lipinski definition) is 4. The highest BCUT2D eigenvalue weighted by Crippen LogP contribution is 2.06. The van der Waals surface area contributed by atoms with Crippen molar-refractivity contribution in [3.05, 3.63) is 17.5 Å². The summed E-state index contributed by atoms with van der Waals surface area (Å²) >= 11 is 0. The quantitative estimate of drug-likeness (QED) is 0.566. The van der Waals surface area contributed by atoms with Gasteiger partial charge in [-0.1, -0.05) is 6.92 Å². The number of rotatable bonds is 5. The Morgan fingerprint density at radius 3 is 2.67 bits per heavy atom. The number of nitrogens with one attached hydrogen (secondary N) is 2. The molecule has 7 nitrogen and oxygen atoms in total. The minimum Gasteiger partial charge on any atom is -0.347 e. The lowest BCUT2D eigenvalue weighted by Crippen LogP contribution is -2.41. The molecule has 0 unspecified atom stereocenters. The molecule has 100 valence electrons. The number of nitrogens with two attached hydrogens (primary N) is 1. The Bertz CT molecular complexity index is 427. The van der Waals surface area contributed by atoms with Crippen molar-refractivity contribution in [2.45, 2.75) is 19.9 Å². The van der Waals surface area contributed by atoms with E-state index in [4.69, 9.17) is 5.73 Å². The molecule has 18 heavy (non-hydrogen) atoms. The van der Waals surface area contributed by atoms with Crippen LogP contribution in [0.15, 0.2) is 6.20 Å². The molecular weight excluding hydrogens is 234 g/mol. The number of nitrogens with zero attached hydrogens (tertiary/aromatic N) is 2. The standard InChI is InChI=1S/C11H19N5O2/c1-3-9-8(7-16(2)15-9)6-14-11(18)10(17)13-5-4-12/h7H,3-6,12H2,1-2H3,(H,13,17)(H,14,18). The Hall–Kier alpha value is -1.89. The Morgan fingerprint density at radius 2 is 2.06 bits per heavy atom. The fraction of sp³-hybridized carbons (Fsp3) is 0.545. The number of amides is 2. The smallest absolute Gasteiger partial charge is 0.309 e. The Morgan fingerprint density at radius 1 is 1.39 bits per heavy atom. The zero-order valence-electron chi connectivity index (χ0n) is 10.7. The summed E-state index contributed by atoms with van der Waals surface area (Å²) in [4.78, 5) is 22.7. The second-order valence-electron chi connectivity index (χ2n) is 3.86. The minimum absolute atomic E-state index is 0.291. The summed E-state index contributed by atoms with van der Waals surface area (Å²) in [5, 5.41) is 9.21. The van der Waals surface area contributed by atoms with Crippen molar-refractivity contribution in [1.82, 2.24) is 20.4 Å². The van der Waals surface area contributed by atoms with Crippen LogP contribution in [0.1, 0.15) is 18.2 Å². The zero-order valence-corrected chi connectivity index (χ0v) is 10.7. The van der Waals surface area contributed by atoms with Crippen molar-refractivity contribution in [3.8, 4) is 0 Å². The first-order valence-electron chi connectivity index (χ1n) is 5.86. The van der Waals surface area contributed by atoms with E-state index in [9.17, 15) is 9.59 Å². The summed E-state index contributed by atoms with van der Waals surface area (Å²) < 4.78 is 1.69. The monoisotopic (exact) mass is 253 g/mol. The molecule has 0 aromatic carbocycles. The van der Waals surface area contributed by atoms with E-state index in [2.05, 4.69) is 15.7 Å². The fourth-order valence-electron chi connectivity index (χ4n) is 1.55. The SMILES string of the molecule is CCc1nn(C)cc1CNC(=O)C(=O)NCCN. The van der Waals surface area contributed by atoms with Gasteiger partial charge in [0.25, 0.3) is 0 Å². The molecule has 0 aliphatic rings. The van der Waals surface area contributed by atoms with Gasteiger partial charge in [-0.15, -0.1) is 0 Å². The van der Waals surface area contributed by atoms with Crippen molar-refractivity contribution in [1.29, 1.82) is 0 Å². The van der Waals surface area contributed by atoms with Gasteiger partial charge in [-0.25, -0.2) is 0 Å². The summed E-state index contributed by atoms with van der Waals surface area (Å²) in [6.07, 6.45) is 2.61. The molecule has 0 spiro atoms. The number of aryl methyl sites for hydroxylation is 2. The normalized spacial score (nSPS) is 10.2. The van der Waals surface area contributed by atoms with Crippen LogP contribution in [0.3, 0.4) is 0 Å². The lowest BCUT2D eigenvalue weighted by atomic mass is 10.2. The Labute approximate surface area is 106 Å². The molecule has 1 aromatic heterocycles. The predicted molar refractivity (Wildman–Crippen MR) is 66.5 cm³/mol. The van der Waals surface area contributed by atoms with Crippen molar-refractivity contribution in [2.75, 3.05) is 13.1 Å². The van der Waals surface area contributed by atoms with Gasteiger partial charge in [0.2, 0.25) is 0 Å². The van der Waals surface area contributed by atoms with Gasteiger partial charge in [-0.05, 0) is 6.42 Å². The van der Waals surface area contributed by atoms with Gasteiger partial charge in [0.05, 0.1) is 5.69 Å². The van der Waals surface area contributed by atoms with Gasteiger partial charge in [-0.3, -0.25) is 14.3 Å². The fourth-order valence-corrected chi connectivity index (χ4v) is 1.55. The van der Waals surface area contributed by atoms with E-state index in [0.29, 0.717) is 19.6 Å². The lowest BCUT2D eigenvalue weighted by molar-refractivity contribution is -0.139. The molecule has 0 saturated heterocycles. The maximum absolute atomic E-state index is 11.4. The molecule has 0 fully saturated rings. The van der Waals surface area contributed by atoms with Crippen molar-refractivity contribution < 1.29 is 9.59 Å². The molecule has 2 amide bonds. The average molecular weight is 253 g/mol. The summed E-state index contributed by atoms with van der Waals surface area (Å²) in [5.74, 6) is -1.32. The summed E-state index contributed by atoms with van der Waals surface area (Å²) in [6, 6.07) is 0. The molecular formula is C11H19N5O2. The highest BCUT2D eigenvalue weighted by Gasteiger charge is 2.13. The first-order valence-corrected chi connectivity index (χ1v) is 5.86. The van der Waals surface area contributed by atoms with Crippen molar-refractivity contribution >= 4 is 11.8 Å². The van der Waals surface area contributed by atoms with E-state index < -0.39 is 11.8 Å². The highest BCUT2D eigenvalue weighted by atomic mass is 16.2. The van der Waals surface area contributed by atoms with Gasteiger partial charge in [0, 0.05) is 38.4 Å². The Balaban J connectivity index is 2.49. The van der Waals surface area contributed by atoms with E-state index >= 15 is 0 Å². The highest BCUT2D eigenvalue weighted by molar-refractivity contribution is 6.35. The van der Waals surface area contributed by atoms with Gasteiger partial charge in [0.1, 0.15) is 0 Å². The Kier molecular flexibility index (Phi) is 5.31. The predicted octanol–water partition coefficient (Wildman–Crippen LogP) is -1.33. The molecule has 0 aliphatic heterocycles. The lowest BCUT2D eigenvalue weighted by Gasteiger charge is -2.05. The summed E-state index contributed by atoms with van der Waals surface area (Å²) in [6.45, 7) is 2.88. The van der Waals surface area contributed by atoms with Crippen LogP contribution < -0.4 is 16.4 Å². The topological polar surface area (TPSA) is 102 Å². The summed E-state index contributed by atoms with van der Waals surface area (Å²) in [5.41, 5.74) is 7.06. The third kappa shape index (κ3) is 3.85.